The summed E-state index contributed by atoms with van der Waals surface area (Å²) >= 11 is 2.99. The van der Waals surface area contributed by atoms with E-state index in [9.17, 15) is 9.59 Å². The smallest absolute Gasteiger partial charge is 0.234 e. The lowest BCUT2D eigenvalue weighted by molar-refractivity contribution is -0.141. The van der Waals surface area contributed by atoms with Crippen LogP contribution in [0, 0.1) is 0 Å². The van der Waals surface area contributed by atoms with Gasteiger partial charge >= 0.3 is 0 Å². The van der Waals surface area contributed by atoms with Crippen molar-refractivity contribution in [1.29, 1.82) is 0 Å². The van der Waals surface area contributed by atoms with Gasteiger partial charge in [-0.1, -0.05) is 48.5 Å². The van der Waals surface area contributed by atoms with E-state index in [4.69, 9.17) is 28.4 Å². The highest BCUT2D eigenvalue weighted by molar-refractivity contribution is 8.05. The summed E-state index contributed by atoms with van der Waals surface area (Å²) in [5.74, 6) is 3.63. The van der Waals surface area contributed by atoms with Crippen LogP contribution in [0.15, 0.2) is 84.9 Å². The molecule has 4 aromatic rings. The van der Waals surface area contributed by atoms with Crippen molar-refractivity contribution in [3.63, 3.8) is 0 Å². The average molecular weight is 745 g/mol. The third kappa shape index (κ3) is 6.25. The fraction of sp³-hybridized carbons (Fsp3) is 0.350. The van der Waals surface area contributed by atoms with E-state index < -0.39 is 9.74 Å². The number of amides is 2. The van der Waals surface area contributed by atoms with E-state index >= 15 is 0 Å². The summed E-state index contributed by atoms with van der Waals surface area (Å²) in [6.07, 6.45) is 0. The normalized spacial score (nSPS) is 19.9. The molecule has 0 N–H and O–H groups in total. The molecule has 2 amide bonds. The Morgan fingerprint density at radius 2 is 1.02 bits per heavy atom. The molecule has 274 valence electrons. The summed E-state index contributed by atoms with van der Waals surface area (Å²) in [5.41, 5.74) is 3.05. The van der Waals surface area contributed by atoms with E-state index in [1.807, 2.05) is 109 Å². The van der Waals surface area contributed by atoms with Crippen LogP contribution in [-0.4, -0.2) is 74.8 Å². The number of carbonyl (C=O) groups is 2. The maximum absolute atomic E-state index is 14.7. The number of carbonyl (C=O) groups excluding carboxylic acids is 2. The van der Waals surface area contributed by atoms with Crippen molar-refractivity contribution >= 4 is 35.3 Å². The molecule has 10 nitrogen and oxygen atoms in total. The van der Waals surface area contributed by atoms with Crippen LogP contribution in [-0.2, 0) is 32.4 Å². The zero-order chi connectivity index (χ0) is 36.9. The molecule has 12 heteroatoms. The van der Waals surface area contributed by atoms with Crippen LogP contribution in [0.2, 0.25) is 0 Å². The number of hydrogen-bond donors (Lipinski definition) is 0. The Labute approximate surface area is 313 Å². The lowest BCUT2D eigenvalue weighted by Gasteiger charge is -2.54. The maximum Gasteiger partial charge on any atom is 0.234 e. The minimum absolute atomic E-state index is 0.0888. The molecule has 6 rings (SSSR count). The number of methoxy groups -OCH3 is 4. The van der Waals surface area contributed by atoms with E-state index in [1.165, 1.54) is 23.5 Å². The predicted octanol–water partition coefficient (Wildman–Crippen LogP) is 7.08. The molecule has 2 atom stereocenters. The molecule has 2 heterocycles. The van der Waals surface area contributed by atoms with E-state index in [2.05, 4.69) is 0 Å². The molecule has 0 bridgehead atoms. The van der Waals surface area contributed by atoms with Crippen LogP contribution < -0.4 is 28.4 Å². The van der Waals surface area contributed by atoms with Gasteiger partial charge in [0.15, 0.2) is 21.2 Å². The molecule has 0 aliphatic carbocycles. The number of ether oxygens (including phenoxy) is 6. The number of thioether (sulfide) groups is 2. The quantitative estimate of drug-likeness (QED) is 0.126. The van der Waals surface area contributed by atoms with E-state index in [0.29, 0.717) is 53.3 Å². The summed E-state index contributed by atoms with van der Waals surface area (Å²) in [5, 5.41) is 0. The summed E-state index contributed by atoms with van der Waals surface area (Å²) in [7, 11) is 6.39. The molecule has 0 spiro atoms. The zero-order valence-electron chi connectivity index (χ0n) is 30.3. The van der Waals surface area contributed by atoms with Gasteiger partial charge in [0.1, 0.15) is 23.0 Å². The monoisotopic (exact) mass is 744 g/mol. The number of benzene rings is 4. The molecule has 0 aromatic heterocycles. The van der Waals surface area contributed by atoms with E-state index in [1.54, 1.807) is 28.4 Å². The number of para-hydroxylation sites is 2. The van der Waals surface area contributed by atoms with Gasteiger partial charge in [0.05, 0.1) is 65.3 Å². The highest BCUT2D eigenvalue weighted by Crippen LogP contribution is 2.68. The molecule has 0 radical (unpaired) electrons. The fourth-order valence-corrected chi connectivity index (χ4v) is 10.7. The summed E-state index contributed by atoms with van der Waals surface area (Å²) in [4.78, 5) is 30.6. The van der Waals surface area contributed by atoms with Gasteiger partial charge in [0.25, 0.3) is 0 Å². The molecule has 2 fully saturated rings. The Balaban J connectivity index is 1.71. The van der Waals surface area contributed by atoms with Crippen molar-refractivity contribution in [3.05, 3.63) is 107 Å². The van der Waals surface area contributed by atoms with Crippen molar-refractivity contribution < 1.29 is 38.0 Å². The largest absolute Gasteiger partial charge is 0.496 e. The molecule has 2 saturated heterocycles. The topological polar surface area (TPSA) is 96.0 Å². The van der Waals surface area contributed by atoms with Gasteiger partial charge in [-0.25, -0.2) is 0 Å². The molecular formula is C40H44N2O8S2. The standard InChI is InChI=1S/C40H44N2O8S2/c1-7-49-33-16-11-9-14-29(33)39(41(37(43)25-51-39)23-27-20-21-35(47-5)36(22-27)48-6)40(30-15-10-12-17-34(30)50-8-2)42(38(44)26-52-40)24-28-31(45-3)18-13-19-32(28)46-4/h9-22H,7-8,23-26H2,1-6H3. The van der Waals surface area contributed by atoms with Crippen LogP contribution >= 0.6 is 23.5 Å². The van der Waals surface area contributed by atoms with Gasteiger partial charge < -0.3 is 38.2 Å². The Morgan fingerprint density at radius 1 is 0.558 bits per heavy atom. The molecule has 2 aliphatic heterocycles. The maximum atomic E-state index is 14.7. The van der Waals surface area contributed by atoms with Crippen LogP contribution in [0.5, 0.6) is 34.5 Å². The molecule has 2 unspecified atom stereocenters. The third-order valence-corrected chi connectivity index (χ3v) is 12.6. The van der Waals surface area contributed by atoms with Crippen molar-refractivity contribution in [3.8, 4) is 34.5 Å². The summed E-state index contributed by atoms with van der Waals surface area (Å²) in [6.45, 7) is 4.99. The Morgan fingerprint density at radius 3 is 1.50 bits per heavy atom. The molecule has 0 saturated carbocycles. The van der Waals surface area contributed by atoms with Crippen molar-refractivity contribution in [2.45, 2.75) is 36.7 Å². The highest BCUT2D eigenvalue weighted by Gasteiger charge is 2.69. The first-order chi connectivity index (χ1) is 25.3. The second kappa shape index (κ2) is 15.9. The predicted molar refractivity (Wildman–Crippen MR) is 204 cm³/mol. The SMILES string of the molecule is CCOc1ccccc1C1(C2(c3ccccc3OCC)SCC(=O)N2Cc2c(OC)cccc2OC)SCC(=O)N1Cc1ccc(OC)c(OC)c1. The molecule has 2 aliphatic rings. The van der Waals surface area contributed by atoms with Gasteiger partial charge in [-0.3, -0.25) is 9.59 Å². The highest BCUT2D eigenvalue weighted by atomic mass is 32.2. The van der Waals surface area contributed by atoms with Gasteiger partial charge in [0, 0.05) is 17.7 Å². The van der Waals surface area contributed by atoms with Crippen molar-refractivity contribution in [2.75, 3.05) is 53.2 Å². The van der Waals surface area contributed by atoms with Crippen LogP contribution in [0.1, 0.15) is 36.1 Å². The minimum atomic E-state index is -1.26. The lowest BCUT2D eigenvalue weighted by atomic mass is 9.86. The fourth-order valence-electron chi connectivity index (χ4n) is 7.23. The van der Waals surface area contributed by atoms with Crippen LogP contribution in [0.25, 0.3) is 0 Å². The van der Waals surface area contributed by atoms with Crippen LogP contribution in [0.3, 0.4) is 0 Å². The summed E-state index contributed by atoms with van der Waals surface area (Å²) in [6, 6.07) is 26.9. The first kappa shape index (κ1) is 37.1. The Kier molecular flexibility index (Phi) is 11.4. The second-order valence-electron chi connectivity index (χ2n) is 12.0. The first-order valence-electron chi connectivity index (χ1n) is 17.1. The lowest BCUT2D eigenvalue weighted by Crippen LogP contribution is -2.61. The summed E-state index contributed by atoms with van der Waals surface area (Å²) < 4.78 is 35.7. The molecule has 52 heavy (non-hydrogen) atoms. The molecule has 4 aromatic carbocycles. The number of hydrogen-bond acceptors (Lipinski definition) is 10. The van der Waals surface area contributed by atoms with E-state index in [-0.39, 0.29) is 36.4 Å². The number of rotatable bonds is 15. The zero-order valence-corrected chi connectivity index (χ0v) is 31.9. The van der Waals surface area contributed by atoms with Gasteiger partial charge in [-0.15, -0.1) is 23.5 Å². The Bertz CT molecular complexity index is 1900. The van der Waals surface area contributed by atoms with Crippen LogP contribution in [0.4, 0.5) is 0 Å². The van der Waals surface area contributed by atoms with Crippen molar-refractivity contribution in [2.24, 2.45) is 0 Å². The van der Waals surface area contributed by atoms with E-state index in [0.717, 1.165) is 16.7 Å². The third-order valence-electron chi connectivity index (χ3n) is 9.37. The van der Waals surface area contributed by atoms with Gasteiger partial charge in [-0.2, -0.15) is 0 Å². The first-order valence-corrected chi connectivity index (χ1v) is 19.0. The second-order valence-corrected chi connectivity index (χ2v) is 14.4. The van der Waals surface area contributed by atoms with Gasteiger partial charge in [-0.05, 0) is 55.8 Å². The minimum Gasteiger partial charge on any atom is -0.496 e. The average Bonchev–Trinajstić information content (AvgIpc) is 3.68. The number of nitrogens with zero attached hydrogens (tertiary/aromatic N) is 2. The van der Waals surface area contributed by atoms with Crippen molar-refractivity contribution in [1.82, 2.24) is 9.80 Å². The van der Waals surface area contributed by atoms with Gasteiger partial charge in [0.2, 0.25) is 11.8 Å². The molecular weight excluding hydrogens is 701 g/mol. The Hall–Kier alpha value is -4.68.